The van der Waals surface area contributed by atoms with E-state index < -0.39 is 0 Å². The van der Waals surface area contributed by atoms with Crippen LogP contribution in [0.4, 0.5) is 16.2 Å². The second-order valence-electron chi connectivity index (χ2n) is 5.93. The number of nitrogens with zero attached hydrogens (tertiary/aromatic N) is 1. The molecule has 0 heterocycles. The first-order valence-electron chi connectivity index (χ1n) is 8.33. The molecule has 2 rings (SSSR count). The molecule has 148 valence electrons. The van der Waals surface area contributed by atoms with E-state index >= 15 is 0 Å². The number of halogens is 1. The number of methoxy groups -OCH3 is 2. The maximum absolute atomic E-state index is 12.3. The van der Waals surface area contributed by atoms with E-state index in [2.05, 4.69) is 10.6 Å². The van der Waals surface area contributed by atoms with E-state index in [1.165, 1.54) is 25.2 Å². The highest BCUT2D eigenvalue weighted by molar-refractivity contribution is 6.32. The summed E-state index contributed by atoms with van der Waals surface area (Å²) in [6.45, 7) is 0. The van der Waals surface area contributed by atoms with Gasteiger partial charge in [-0.2, -0.15) is 0 Å². The van der Waals surface area contributed by atoms with Gasteiger partial charge in [-0.3, -0.25) is 4.79 Å². The number of anilines is 2. The number of carbonyl (C=O) groups excluding carboxylic acids is 2. The summed E-state index contributed by atoms with van der Waals surface area (Å²) in [5.41, 5.74) is 1.65. The summed E-state index contributed by atoms with van der Waals surface area (Å²) in [5, 5.41) is 5.84. The third-order valence-corrected chi connectivity index (χ3v) is 4.00. The zero-order valence-electron chi connectivity index (χ0n) is 16.1. The van der Waals surface area contributed by atoms with Crippen molar-refractivity contribution in [2.75, 3.05) is 38.9 Å². The van der Waals surface area contributed by atoms with E-state index in [9.17, 15) is 9.59 Å². The van der Waals surface area contributed by atoms with Crippen LogP contribution in [0, 0.1) is 0 Å². The lowest BCUT2D eigenvalue weighted by Crippen LogP contribution is -2.27. The molecule has 2 aromatic rings. The molecule has 0 aliphatic rings. The predicted molar refractivity (Wildman–Crippen MR) is 111 cm³/mol. The molecule has 28 heavy (non-hydrogen) atoms. The first-order chi connectivity index (χ1) is 13.3. The maximum Gasteiger partial charge on any atom is 0.321 e. The van der Waals surface area contributed by atoms with Crippen molar-refractivity contribution in [3.8, 4) is 11.5 Å². The molecule has 0 unspecified atom stereocenters. The summed E-state index contributed by atoms with van der Waals surface area (Å²) in [7, 11) is 6.27. The lowest BCUT2D eigenvalue weighted by Gasteiger charge is -2.15. The van der Waals surface area contributed by atoms with E-state index in [0.29, 0.717) is 33.5 Å². The predicted octanol–water partition coefficient (Wildman–Crippen LogP) is 4.10. The first kappa shape index (κ1) is 21.1. The summed E-state index contributed by atoms with van der Waals surface area (Å²) in [6.07, 6.45) is 2.96. The SMILES string of the molecule is COc1cc(/C=C/C(=O)Nc2ccccc2NC(=O)N(C)C)cc(Cl)c1OC. The molecule has 3 amide bonds. The molecular weight excluding hydrogens is 382 g/mol. The molecule has 0 spiro atoms. The zero-order valence-corrected chi connectivity index (χ0v) is 16.8. The smallest absolute Gasteiger partial charge is 0.321 e. The summed E-state index contributed by atoms with van der Waals surface area (Å²) in [6, 6.07) is 10.0. The van der Waals surface area contributed by atoms with Crippen LogP contribution in [-0.2, 0) is 4.79 Å². The lowest BCUT2D eigenvalue weighted by molar-refractivity contribution is -0.111. The largest absolute Gasteiger partial charge is 0.493 e. The van der Waals surface area contributed by atoms with Gasteiger partial charge in [0.05, 0.1) is 30.6 Å². The van der Waals surface area contributed by atoms with Crippen LogP contribution in [0.25, 0.3) is 6.08 Å². The third-order valence-electron chi connectivity index (χ3n) is 3.72. The monoisotopic (exact) mass is 403 g/mol. The van der Waals surface area contributed by atoms with Gasteiger partial charge < -0.3 is 25.0 Å². The Hall–Kier alpha value is -3.19. The number of hydrogen-bond donors (Lipinski definition) is 2. The number of amides is 3. The number of para-hydroxylation sites is 2. The van der Waals surface area contributed by atoms with Gasteiger partial charge in [-0.15, -0.1) is 0 Å². The fourth-order valence-corrected chi connectivity index (χ4v) is 2.60. The molecule has 2 N–H and O–H groups in total. The van der Waals surface area contributed by atoms with Gasteiger partial charge in [0.25, 0.3) is 0 Å². The minimum absolute atomic E-state index is 0.294. The number of benzene rings is 2. The van der Waals surface area contributed by atoms with Crippen molar-refractivity contribution < 1.29 is 19.1 Å². The van der Waals surface area contributed by atoms with Gasteiger partial charge in [-0.1, -0.05) is 23.7 Å². The van der Waals surface area contributed by atoms with E-state index in [-0.39, 0.29) is 11.9 Å². The zero-order chi connectivity index (χ0) is 20.7. The average molecular weight is 404 g/mol. The Kier molecular flexibility index (Phi) is 7.28. The van der Waals surface area contributed by atoms with Crippen LogP contribution >= 0.6 is 11.6 Å². The highest BCUT2D eigenvalue weighted by Crippen LogP contribution is 2.36. The molecule has 0 radical (unpaired) electrons. The molecule has 0 saturated carbocycles. The Labute approximate surface area is 168 Å². The molecule has 2 aromatic carbocycles. The summed E-state index contributed by atoms with van der Waals surface area (Å²) < 4.78 is 10.4. The number of rotatable bonds is 6. The van der Waals surface area contributed by atoms with Crippen LogP contribution in [-0.4, -0.2) is 45.2 Å². The molecule has 0 saturated heterocycles. The molecule has 0 aromatic heterocycles. The maximum atomic E-state index is 12.3. The van der Waals surface area contributed by atoms with E-state index in [4.69, 9.17) is 21.1 Å². The second kappa shape index (κ2) is 9.66. The van der Waals surface area contributed by atoms with E-state index in [1.807, 2.05) is 0 Å². The van der Waals surface area contributed by atoms with Gasteiger partial charge >= 0.3 is 6.03 Å². The highest BCUT2D eigenvalue weighted by Gasteiger charge is 2.11. The number of hydrogen-bond acceptors (Lipinski definition) is 4. The van der Waals surface area contributed by atoms with Crippen molar-refractivity contribution in [1.82, 2.24) is 4.90 Å². The summed E-state index contributed by atoms with van der Waals surface area (Å²) >= 11 is 6.17. The normalized spacial score (nSPS) is 10.5. The fourth-order valence-electron chi connectivity index (χ4n) is 2.31. The Balaban J connectivity index is 2.15. The Morgan fingerprint density at radius 3 is 2.25 bits per heavy atom. The number of nitrogens with one attached hydrogen (secondary N) is 2. The third kappa shape index (κ3) is 5.40. The number of urea groups is 1. The van der Waals surface area contributed by atoms with Crippen LogP contribution in [0.2, 0.25) is 5.02 Å². The van der Waals surface area contributed by atoms with Gasteiger partial charge in [0.2, 0.25) is 5.91 Å². The molecular formula is C20H22ClN3O4. The van der Waals surface area contributed by atoms with Gasteiger partial charge in [0, 0.05) is 20.2 Å². The van der Waals surface area contributed by atoms with Gasteiger partial charge in [-0.25, -0.2) is 4.79 Å². The van der Waals surface area contributed by atoms with Gasteiger partial charge in [-0.05, 0) is 35.9 Å². The molecule has 0 aliphatic carbocycles. The number of ether oxygens (including phenoxy) is 2. The molecule has 0 aliphatic heterocycles. The quantitative estimate of drug-likeness (QED) is 0.711. The fraction of sp³-hybridized carbons (Fsp3) is 0.200. The molecule has 0 atom stereocenters. The lowest BCUT2D eigenvalue weighted by atomic mass is 10.2. The molecule has 7 nitrogen and oxygen atoms in total. The van der Waals surface area contributed by atoms with Crippen molar-refractivity contribution in [2.24, 2.45) is 0 Å². The summed E-state index contributed by atoms with van der Waals surface area (Å²) in [4.78, 5) is 25.6. The Morgan fingerprint density at radius 1 is 1.04 bits per heavy atom. The molecule has 8 heteroatoms. The molecule has 0 bridgehead atoms. The molecule has 0 fully saturated rings. The van der Waals surface area contributed by atoms with Gasteiger partial charge in [0.15, 0.2) is 11.5 Å². The Morgan fingerprint density at radius 2 is 1.68 bits per heavy atom. The van der Waals surface area contributed by atoms with Crippen molar-refractivity contribution in [1.29, 1.82) is 0 Å². The minimum atomic E-state index is -0.363. The van der Waals surface area contributed by atoms with Crippen LogP contribution < -0.4 is 20.1 Å². The average Bonchev–Trinajstić information content (AvgIpc) is 2.67. The van der Waals surface area contributed by atoms with Crippen molar-refractivity contribution in [2.45, 2.75) is 0 Å². The summed E-state index contributed by atoms with van der Waals surface area (Å²) in [5.74, 6) is 0.528. The van der Waals surface area contributed by atoms with Gasteiger partial charge in [0.1, 0.15) is 0 Å². The van der Waals surface area contributed by atoms with Crippen molar-refractivity contribution >= 4 is 41.0 Å². The van der Waals surface area contributed by atoms with E-state index in [1.54, 1.807) is 56.6 Å². The second-order valence-corrected chi connectivity index (χ2v) is 6.34. The van der Waals surface area contributed by atoms with Crippen LogP contribution in [0.3, 0.4) is 0 Å². The number of carbonyl (C=O) groups is 2. The van der Waals surface area contributed by atoms with Crippen LogP contribution in [0.15, 0.2) is 42.5 Å². The minimum Gasteiger partial charge on any atom is -0.493 e. The van der Waals surface area contributed by atoms with Crippen molar-refractivity contribution in [3.63, 3.8) is 0 Å². The Bertz CT molecular complexity index is 897. The highest BCUT2D eigenvalue weighted by atomic mass is 35.5. The van der Waals surface area contributed by atoms with Crippen molar-refractivity contribution in [3.05, 3.63) is 53.1 Å². The standard InChI is InChI=1S/C20H22ClN3O4/c1-24(2)20(26)23-16-8-6-5-7-15(16)22-18(25)10-9-13-11-14(21)19(28-4)17(12-13)27-3/h5-12H,1-4H3,(H,22,25)(H,23,26)/b10-9+. The van der Waals surface area contributed by atoms with Crippen LogP contribution in [0.5, 0.6) is 11.5 Å². The van der Waals surface area contributed by atoms with E-state index in [0.717, 1.165) is 0 Å². The topological polar surface area (TPSA) is 79.9 Å². The van der Waals surface area contributed by atoms with Crippen LogP contribution in [0.1, 0.15) is 5.56 Å². The first-order valence-corrected chi connectivity index (χ1v) is 8.71.